The highest BCUT2D eigenvalue weighted by Crippen LogP contribution is 2.51. The van der Waals surface area contributed by atoms with Crippen LogP contribution in [-0.4, -0.2) is 29.0 Å². The maximum absolute atomic E-state index is 6.67. The minimum atomic E-state index is -0.374. The van der Waals surface area contributed by atoms with Crippen molar-refractivity contribution in [3.05, 3.63) is 101 Å². The highest BCUT2D eigenvalue weighted by atomic mass is 16.5. The smallest absolute Gasteiger partial charge is 0.226 e. The Kier molecular flexibility index (Phi) is 4.76. The van der Waals surface area contributed by atoms with Gasteiger partial charge in [0.1, 0.15) is 24.2 Å². The van der Waals surface area contributed by atoms with E-state index in [1.165, 1.54) is 5.56 Å². The van der Waals surface area contributed by atoms with E-state index in [1.807, 2.05) is 41.1 Å². The number of anilines is 1. The van der Waals surface area contributed by atoms with E-state index in [0.29, 0.717) is 17.4 Å². The summed E-state index contributed by atoms with van der Waals surface area (Å²) < 4.78 is 19.7. The van der Waals surface area contributed by atoms with Gasteiger partial charge in [-0.15, -0.1) is 0 Å². The maximum atomic E-state index is 6.67. The Labute approximate surface area is 197 Å². The average Bonchev–Trinajstić information content (AvgIpc) is 3.35. The Bertz CT molecular complexity index is 1410. The predicted octanol–water partition coefficient (Wildman–Crippen LogP) is 5.16. The van der Waals surface area contributed by atoms with Gasteiger partial charge in [-0.05, 0) is 36.8 Å². The molecule has 0 fully saturated rings. The van der Waals surface area contributed by atoms with Crippen molar-refractivity contribution in [3.8, 4) is 17.2 Å². The van der Waals surface area contributed by atoms with Gasteiger partial charge in [0.15, 0.2) is 11.5 Å². The Balaban J connectivity index is 1.60. The fraction of sp³-hybridized carbons (Fsp3) is 0.185. The topological polar surface area (TPSA) is 70.4 Å². The first kappa shape index (κ1) is 20.4. The number of fused-ring (bicyclic) bond motifs is 3. The third-order valence-corrected chi connectivity index (χ3v) is 6.42. The number of hydrogen-bond acceptors (Lipinski definition) is 6. The Morgan fingerprint density at radius 3 is 2.47 bits per heavy atom. The van der Waals surface area contributed by atoms with Crippen molar-refractivity contribution in [2.45, 2.75) is 19.1 Å². The second-order valence-electron chi connectivity index (χ2n) is 8.41. The van der Waals surface area contributed by atoms with Gasteiger partial charge < -0.3 is 19.5 Å². The molecule has 3 aromatic carbocycles. The summed E-state index contributed by atoms with van der Waals surface area (Å²) in [5, 5.41) is 8.11. The lowest BCUT2D eigenvalue weighted by Crippen LogP contribution is -2.32. The minimum absolute atomic E-state index is 0.194. The standard InChI is InChI=1S/C27H24N4O3/c1-16-8-10-17(11-9-16)25-23-24(30-27-28-15-29-31(25)27)19-6-4-5-7-20(19)34-26(23)18-12-13-21(32-2)22(14-18)33-3/h4-15,25-26H,1-3H3,(H,28,29,30). The molecule has 7 heteroatoms. The Morgan fingerprint density at radius 1 is 0.912 bits per heavy atom. The van der Waals surface area contributed by atoms with Crippen molar-refractivity contribution in [2.24, 2.45) is 0 Å². The summed E-state index contributed by atoms with van der Waals surface area (Å²) >= 11 is 0. The zero-order valence-corrected chi connectivity index (χ0v) is 19.1. The Hall–Kier alpha value is -4.26. The molecule has 7 nitrogen and oxygen atoms in total. The van der Waals surface area contributed by atoms with Gasteiger partial charge >= 0.3 is 0 Å². The molecule has 1 N–H and O–H groups in total. The van der Waals surface area contributed by atoms with Crippen LogP contribution in [-0.2, 0) is 0 Å². The molecule has 0 saturated carbocycles. The van der Waals surface area contributed by atoms with Crippen LogP contribution >= 0.6 is 0 Å². The molecule has 0 bridgehead atoms. The fourth-order valence-corrected chi connectivity index (χ4v) is 4.78. The van der Waals surface area contributed by atoms with E-state index in [0.717, 1.165) is 33.7 Å². The molecule has 2 atom stereocenters. The average molecular weight is 453 g/mol. The summed E-state index contributed by atoms with van der Waals surface area (Å²) in [6, 6.07) is 22.3. The van der Waals surface area contributed by atoms with Crippen LogP contribution in [0.4, 0.5) is 5.95 Å². The number of aromatic nitrogens is 3. The van der Waals surface area contributed by atoms with Crippen LogP contribution in [0, 0.1) is 6.92 Å². The summed E-state index contributed by atoms with van der Waals surface area (Å²) in [5.41, 5.74) is 6.33. The number of hydrogen-bond donors (Lipinski definition) is 1. The number of rotatable bonds is 4. The van der Waals surface area contributed by atoms with E-state index in [2.05, 4.69) is 52.7 Å². The quantitative estimate of drug-likeness (QED) is 0.461. The van der Waals surface area contributed by atoms with Crippen LogP contribution in [0.2, 0.25) is 0 Å². The van der Waals surface area contributed by atoms with Crippen molar-refractivity contribution in [1.29, 1.82) is 0 Å². The van der Waals surface area contributed by atoms with Gasteiger partial charge in [-0.2, -0.15) is 10.1 Å². The van der Waals surface area contributed by atoms with E-state index in [9.17, 15) is 0 Å². The summed E-state index contributed by atoms with van der Waals surface area (Å²) in [7, 11) is 3.28. The number of nitrogens with zero attached hydrogens (tertiary/aromatic N) is 3. The van der Waals surface area contributed by atoms with Gasteiger partial charge in [-0.1, -0.05) is 48.0 Å². The van der Waals surface area contributed by atoms with Crippen molar-refractivity contribution in [2.75, 3.05) is 19.5 Å². The van der Waals surface area contributed by atoms with Crippen LogP contribution < -0.4 is 19.5 Å². The van der Waals surface area contributed by atoms with E-state index in [4.69, 9.17) is 14.2 Å². The molecule has 170 valence electrons. The third kappa shape index (κ3) is 3.12. The highest BCUT2D eigenvalue weighted by molar-refractivity contribution is 5.85. The van der Waals surface area contributed by atoms with Gasteiger partial charge in [-0.3, -0.25) is 0 Å². The molecule has 2 unspecified atom stereocenters. The molecule has 0 aliphatic carbocycles. The molecule has 3 heterocycles. The zero-order chi connectivity index (χ0) is 23.2. The SMILES string of the molecule is COc1ccc(C2Oc3ccccc3C3=C2C(c2ccc(C)cc2)n2ncnc2N3)cc1OC. The zero-order valence-electron chi connectivity index (χ0n) is 19.1. The maximum Gasteiger partial charge on any atom is 0.226 e. The summed E-state index contributed by atoms with van der Waals surface area (Å²) in [6.45, 7) is 2.09. The third-order valence-electron chi connectivity index (χ3n) is 6.42. The molecular weight excluding hydrogens is 428 g/mol. The van der Waals surface area contributed by atoms with E-state index >= 15 is 0 Å². The van der Waals surface area contributed by atoms with Gasteiger partial charge in [0, 0.05) is 16.7 Å². The van der Waals surface area contributed by atoms with Crippen molar-refractivity contribution < 1.29 is 14.2 Å². The van der Waals surface area contributed by atoms with Gasteiger partial charge in [0.05, 0.1) is 19.9 Å². The number of ether oxygens (including phenoxy) is 3. The number of nitrogens with one attached hydrogen (secondary N) is 1. The molecule has 34 heavy (non-hydrogen) atoms. The monoisotopic (exact) mass is 452 g/mol. The van der Waals surface area contributed by atoms with Crippen LogP contribution in [0.15, 0.2) is 78.6 Å². The number of para-hydroxylation sites is 1. The van der Waals surface area contributed by atoms with Crippen LogP contribution in [0.1, 0.15) is 34.4 Å². The Morgan fingerprint density at radius 2 is 1.68 bits per heavy atom. The summed E-state index contributed by atoms with van der Waals surface area (Å²) in [4.78, 5) is 4.49. The van der Waals surface area contributed by atoms with Crippen LogP contribution in [0.3, 0.4) is 0 Å². The molecular formula is C27H24N4O3. The minimum Gasteiger partial charge on any atom is -0.493 e. The van der Waals surface area contributed by atoms with E-state index in [-0.39, 0.29) is 12.1 Å². The number of aryl methyl sites for hydroxylation is 1. The normalized spacial score (nSPS) is 18.2. The lowest BCUT2D eigenvalue weighted by atomic mass is 9.84. The predicted molar refractivity (Wildman–Crippen MR) is 129 cm³/mol. The summed E-state index contributed by atoms with van der Waals surface area (Å²) in [6.07, 6.45) is 1.21. The highest BCUT2D eigenvalue weighted by Gasteiger charge is 2.41. The first-order valence-corrected chi connectivity index (χ1v) is 11.1. The molecule has 2 aliphatic rings. The van der Waals surface area contributed by atoms with Gasteiger partial charge in [0.2, 0.25) is 5.95 Å². The van der Waals surface area contributed by atoms with Crippen LogP contribution in [0.25, 0.3) is 5.70 Å². The lowest BCUT2D eigenvalue weighted by Gasteiger charge is -2.39. The molecule has 0 amide bonds. The first-order chi connectivity index (χ1) is 16.7. The molecule has 1 aromatic heterocycles. The van der Waals surface area contributed by atoms with E-state index in [1.54, 1.807) is 20.5 Å². The molecule has 0 radical (unpaired) electrons. The van der Waals surface area contributed by atoms with Crippen molar-refractivity contribution in [1.82, 2.24) is 14.8 Å². The number of methoxy groups -OCH3 is 2. The van der Waals surface area contributed by atoms with Crippen molar-refractivity contribution >= 4 is 11.6 Å². The molecule has 0 spiro atoms. The summed E-state index contributed by atoms with van der Waals surface area (Å²) in [5.74, 6) is 2.84. The second-order valence-corrected chi connectivity index (χ2v) is 8.41. The van der Waals surface area contributed by atoms with Gasteiger partial charge in [0.25, 0.3) is 0 Å². The lowest BCUT2D eigenvalue weighted by molar-refractivity contribution is 0.222. The van der Waals surface area contributed by atoms with Gasteiger partial charge in [-0.25, -0.2) is 4.68 Å². The van der Waals surface area contributed by atoms with Crippen molar-refractivity contribution in [3.63, 3.8) is 0 Å². The molecule has 0 saturated heterocycles. The van der Waals surface area contributed by atoms with E-state index < -0.39 is 0 Å². The molecule has 4 aromatic rings. The largest absolute Gasteiger partial charge is 0.493 e. The first-order valence-electron chi connectivity index (χ1n) is 11.1. The second kappa shape index (κ2) is 7.95. The number of benzene rings is 3. The molecule has 6 rings (SSSR count). The fourth-order valence-electron chi connectivity index (χ4n) is 4.78. The molecule has 2 aliphatic heterocycles. The van der Waals surface area contributed by atoms with Crippen LogP contribution in [0.5, 0.6) is 17.2 Å².